The van der Waals surface area contributed by atoms with Gasteiger partial charge in [-0.1, -0.05) is 25.4 Å². The largest absolute Gasteiger partial charge is 0.368 e. The Kier molecular flexibility index (Phi) is 6.57. The predicted molar refractivity (Wildman–Crippen MR) is 114 cm³/mol. The molecule has 0 aliphatic carbocycles. The molecule has 0 aromatic heterocycles. The van der Waals surface area contributed by atoms with Crippen molar-refractivity contribution in [3.05, 3.63) is 59.1 Å². The van der Waals surface area contributed by atoms with Crippen molar-refractivity contribution < 1.29 is 9.59 Å². The van der Waals surface area contributed by atoms with Crippen LogP contribution in [0.5, 0.6) is 0 Å². The van der Waals surface area contributed by atoms with Crippen molar-refractivity contribution in [2.75, 3.05) is 36.4 Å². The van der Waals surface area contributed by atoms with Crippen LogP contribution >= 0.6 is 11.6 Å². The van der Waals surface area contributed by atoms with Gasteiger partial charge in [0.1, 0.15) is 0 Å². The number of anilines is 2. The maximum atomic E-state index is 12.3. The summed E-state index contributed by atoms with van der Waals surface area (Å²) in [6, 6.07) is 14.6. The molecule has 3 rings (SSSR count). The van der Waals surface area contributed by atoms with E-state index in [1.54, 1.807) is 24.3 Å². The van der Waals surface area contributed by atoms with Gasteiger partial charge in [-0.15, -0.1) is 0 Å². The zero-order valence-electron chi connectivity index (χ0n) is 16.3. The van der Waals surface area contributed by atoms with Gasteiger partial charge in [-0.2, -0.15) is 0 Å². The third kappa shape index (κ3) is 5.26. The number of carbonyl (C=O) groups is 2. The van der Waals surface area contributed by atoms with Crippen LogP contribution in [0, 0.1) is 5.92 Å². The number of amides is 2. The maximum absolute atomic E-state index is 12.3. The van der Waals surface area contributed by atoms with Gasteiger partial charge < -0.3 is 15.1 Å². The van der Waals surface area contributed by atoms with Crippen LogP contribution in [0.4, 0.5) is 11.4 Å². The molecular formula is C22H26ClN3O2. The van der Waals surface area contributed by atoms with E-state index >= 15 is 0 Å². The first-order valence-electron chi connectivity index (χ1n) is 9.62. The molecule has 0 unspecified atom stereocenters. The molecule has 1 heterocycles. The standard InChI is InChI=1S/C22H26ClN3O2/c1-16(2)15-21(27)26-13-11-25(12-14-26)20-9-7-19(8-10-20)24-22(28)17-3-5-18(23)6-4-17/h3-10,16H,11-15H2,1-2H3,(H,24,28). The highest BCUT2D eigenvalue weighted by Crippen LogP contribution is 2.21. The van der Waals surface area contributed by atoms with E-state index in [2.05, 4.69) is 24.1 Å². The van der Waals surface area contributed by atoms with Gasteiger partial charge >= 0.3 is 0 Å². The Labute approximate surface area is 171 Å². The van der Waals surface area contributed by atoms with E-state index in [0.29, 0.717) is 22.9 Å². The Morgan fingerprint density at radius 1 is 0.964 bits per heavy atom. The number of nitrogens with zero attached hydrogens (tertiary/aromatic N) is 2. The lowest BCUT2D eigenvalue weighted by atomic mass is 10.1. The van der Waals surface area contributed by atoms with Crippen LogP contribution < -0.4 is 10.2 Å². The van der Waals surface area contributed by atoms with Gasteiger partial charge in [0.15, 0.2) is 0 Å². The summed E-state index contributed by atoms with van der Waals surface area (Å²) < 4.78 is 0. The summed E-state index contributed by atoms with van der Waals surface area (Å²) in [5, 5.41) is 3.50. The fraction of sp³-hybridized carbons (Fsp3) is 0.364. The highest BCUT2D eigenvalue weighted by molar-refractivity contribution is 6.30. The minimum atomic E-state index is -0.165. The number of nitrogens with one attached hydrogen (secondary N) is 1. The van der Waals surface area contributed by atoms with Crippen molar-refractivity contribution in [2.45, 2.75) is 20.3 Å². The van der Waals surface area contributed by atoms with E-state index in [1.807, 2.05) is 29.2 Å². The molecule has 0 saturated carbocycles. The van der Waals surface area contributed by atoms with Crippen LogP contribution in [-0.4, -0.2) is 42.9 Å². The van der Waals surface area contributed by atoms with Gasteiger partial charge in [0, 0.05) is 54.6 Å². The summed E-state index contributed by atoms with van der Waals surface area (Å²) in [6.07, 6.45) is 0.613. The lowest BCUT2D eigenvalue weighted by molar-refractivity contribution is -0.132. The second kappa shape index (κ2) is 9.11. The van der Waals surface area contributed by atoms with Crippen molar-refractivity contribution in [3.63, 3.8) is 0 Å². The molecule has 1 aliphatic heterocycles. The van der Waals surface area contributed by atoms with Crippen LogP contribution in [0.2, 0.25) is 5.02 Å². The SMILES string of the molecule is CC(C)CC(=O)N1CCN(c2ccc(NC(=O)c3ccc(Cl)cc3)cc2)CC1. The fourth-order valence-electron chi connectivity index (χ4n) is 3.25. The van der Waals surface area contributed by atoms with Crippen molar-refractivity contribution in [3.8, 4) is 0 Å². The fourth-order valence-corrected chi connectivity index (χ4v) is 3.38. The Morgan fingerprint density at radius 2 is 1.57 bits per heavy atom. The van der Waals surface area contributed by atoms with E-state index in [0.717, 1.165) is 37.6 Å². The van der Waals surface area contributed by atoms with E-state index in [1.165, 1.54) is 0 Å². The number of benzene rings is 2. The smallest absolute Gasteiger partial charge is 0.255 e. The molecule has 0 spiro atoms. The normalized spacial score (nSPS) is 14.3. The van der Waals surface area contributed by atoms with E-state index in [4.69, 9.17) is 11.6 Å². The highest BCUT2D eigenvalue weighted by Gasteiger charge is 2.21. The minimum Gasteiger partial charge on any atom is -0.368 e. The monoisotopic (exact) mass is 399 g/mol. The maximum Gasteiger partial charge on any atom is 0.255 e. The lowest BCUT2D eigenvalue weighted by Crippen LogP contribution is -2.49. The Balaban J connectivity index is 1.54. The molecule has 1 aliphatic rings. The van der Waals surface area contributed by atoms with Crippen LogP contribution in [0.15, 0.2) is 48.5 Å². The average Bonchev–Trinajstić information content (AvgIpc) is 2.68. The molecule has 0 radical (unpaired) electrons. The third-order valence-corrected chi connectivity index (χ3v) is 5.06. The van der Waals surface area contributed by atoms with Crippen molar-refractivity contribution in [2.24, 2.45) is 5.92 Å². The number of carbonyl (C=O) groups excluding carboxylic acids is 2. The van der Waals surface area contributed by atoms with Crippen LogP contribution in [0.3, 0.4) is 0 Å². The molecule has 148 valence electrons. The van der Waals surface area contributed by atoms with Gasteiger partial charge in [0.25, 0.3) is 5.91 Å². The number of hydrogen-bond acceptors (Lipinski definition) is 3. The van der Waals surface area contributed by atoms with Crippen molar-refractivity contribution in [1.29, 1.82) is 0 Å². The molecule has 0 atom stereocenters. The molecule has 1 fully saturated rings. The van der Waals surface area contributed by atoms with Gasteiger partial charge in [-0.3, -0.25) is 9.59 Å². The Morgan fingerprint density at radius 3 is 2.14 bits per heavy atom. The number of hydrogen-bond donors (Lipinski definition) is 1. The summed E-state index contributed by atoms with van der Waals surface area (Å²) >= 11 is 5.86. The van der Waals surface area contributed by atoms with E-state index in [-0.39, 0.29) is 11.8 Å². The molecule has 5 nitrogen and oxygen atoms in total. The first-order chi connectivity index (χ1) is 13.4. The van der Waals surface area contributed by atoms with Gasteiger partial charge in [0.05, 0.1) is 0 Å². The van der Waals surface area contributed by atoms with Crippen LogP contribution in [0.1, 0.15) is 30.6 Å². The minimum absolute atomic E-state index is 0.165. The number of piperazine rings is 1. The third-order valence-electron chi connectivity index (χ3n) is 4.81. The molecule has 6 heteroatoms. The molecule has 0 bridgehead atoms. The van der Waals surface area contributed by atoms with E-state index in [9.17, 15) is 9.59 Å². The number of rotatable bonds is 5. The molecule has 2 aromatic carbocycles. The lowest BCUT2D eigenvalue weighted by Gasteiger charge is -2.36. The Hall–Kier alpha value is -2.53. The molecule has 28 heavy (non-hydrogen) atoms. The first kappa shape index (κ1) is 20.2. The molecule has 1 saturated heterocycles. The van der Waals surface area contributed by atoms with Gasteiger partial charge in [-0.05, 0) is 54.4 Å². The summed E-state index contributed by atoms with van der Waals surface area (Å²) in [6.45, 7) is 7.28. The summed E-state index contributed by atoms with van der Waals surface area (Å²) in [5.41, 5.74) is 2.41. The average molecular weight is 400 g/mol. The second-order valence-corrected chi connectivity index (χ2v) is 7.91. The topological polar surface area (TPSA) is 52.7 Å². The quantitative estimate of drug-likeness (QED) is 0.816. The Bertz CT molecular complexity index is 811. The van der Waals surface area contributed by atoms with Crippen molar-refractivity contribution in [1.82, 2.24) is 4.90 Å². The number of halogens is 1. The van der Waals surface area contributed by atoms with Crippen LogP contribution in [-0.2, 0) is 4.79 Å². The summed E-state index contributed by atoms with van der Waals surface area (Å²) in [4.78, 5) is 28.7. The van der Waals surface area contributed by atoms with Gasteiger partial charge in [0.2, 0.25) is 5.91 Å². The van der Waals surface area contributed by atoms with Crippen LogP contribution in [0.25, 0.3) is 0 Å². The first-order valence-corrected chi connectivity index (χ1v) is 10.00. The van der Waals surface area contributed by atoms with E-state index < -0.39 is 0 Å². The molecule has 2 amide bonds. The zero-order valence-corrected chi connectivity index (χ0v) is 17.1. The molecule has 1 N–H and O–H groups in total. The summed E-state index contributed by atoms with van der Waals surface area (Å²) in [7, 11) is 0. The second-order valence-electron chi connectivity index (χ2n) is 7.47. The van der Waals surface area contributed by atoms with Gasteiger partial charge in [-0.25, -0.2) is 0 Å². The summed E-state index contributed by atoms with van der Waals surface area (Å²) in [5.74, 6) is 0.470. The predicted octanol–water partition coefficient (Wildman–Crippen LogP) is 4.29. The molecular weight excluding hydrogens is 374 g/mol. The molecule has 2 aromatic rings. The van der Waals surface area contributed by atoms with Crippen molar-refractivity contribution >= 4 is 34.8 Å². The highest BCUT2D eigenvalue weighted by atomic mass is 35.5. The zero-order chi connectivity index (χ0) is 20.1.